The van der Waals surface area contributed by atoms with Gasteiger partial charge < -0.3 is 10.2 Å². The molecule has 4 rings (SSSR count). The second-order valence-electron chi connectivity index (χ2n) is 6.29. The van der Waals surface area contributed by atoms with Gasteiger partial charge in [-0.15, -0.1) is 0 Å². The maximum Gasteiger partial charge on any atom is 0.124 e. The molecule has 0 aliphatic heterocycles. The Morgan fingerprint density at radius 1 is 0.552 bits per heavy atom. The zero-order valence-corrected chi connectivity index (χ0v) is 18.7. The fourth-order valence-electron chi connectivity index (χ4n) is 2.99. The Labute approximate surface area is 181 Å². The van der Waals surface area contributed by atoms with Crippen LogP contribution < -0.4 is 0 Å². The minimum Gasteiger partial charge on any atom is -0.507 e. The molecule has 0 saturated heterocycles. The van der Waals surface area contributed by atoms with Gasteiger partial charge in [0.1, 0.15) is 11.5 Å². The Morgan fingerprint density at radius 2 is 1.00 bits per heavy atom. The second kappa shape index (κ2) is 9.27. The van der Waals surface area contributed by atoms with Crippen molar-refractivity contribution >= 4 is 34.6 Å². The third-order valence-electron chi connectivity index (χ3n) is 4.42. The topological polar surface area (TPSA) is 65.2 Å². The largest absolute Gasteiger partial charge is 0.507 e. The van der Waals surface area contributed by atoms with E-state index in [1.165, 1.54) is 0 Å². The van der Waals surface area contributed by atoms with Crippen molar-refractivity contribution in [1.29, 1.82) is 0 Å². The van der Waals surface area contributed by atoms with Gasteiger partial charge in [0.15, 0.2) is 0 Å². The van der Waals surface area contributed by atoms with Crippen LogP contribution in [0.15, 0.2) is 94.9 Å². The molecule has 4 aromatic carbocycles. The molecule has 138 valence electrons. The molecule has 0 fully saturated rings. The number of phenols is 2. The first-order valence-electron chi connectivity index (χ1n) is 8.88. The quantitative estimate of drug-likeness (QED) is 0.319. The van der Waals surface area contributed by atoms with E-state index in [1.807, 2.05) is 48.5 Å². The molecule has 0 bridgehead atoms. The van der Waals surface area contributed by atoms with Gasteiger partial charge in [-0.3, -0.25) is 9.98 Å². The van der Waals surface area contributed by atoms with E-state index in [9.17, 15) is 10.2 Å². The molecule has 0 unspecified atom stereocenters. The van der Waals surface area contributed by atoms with Crippen LogP contribution in [0.25, 0.3) is 10.8 Å². The Bertz CT molecular complexity index is 1110. The van der Waals surface area contributed by atoms with Crippen molar-refractivity contribution in [1.82, 2.24) is 0 Å². The van der Waals surface area contributed by atoms with Crippen molar-refractivity contribution in [2.45, 2.75) is 0 Å². The van der Waals surface area contributed by atoms with Gasteiger partial charge in [0.25, 0.3) is 0 Å². The van der Waals surface area contributed by atoms with Gasteiger partial charge in [-0.1, -0.05) is 48.5 Å². The maximum absolute atomic E-state index is 9.95. The van der Waals surface area contributed by atoms with Crippen LogP contribution in [-0.4, -0.2) is 22.6 Å². The molecule has 0 aliphatic rings. The molecule has 0 aliphatic carbocycles. The summed E-state index contributed by atoms with van der Waals surface area (Å²) >= 11 is 0. The van der Waals surface area contributed by atoms with E-state index in [0.717, 1.165) is 22.1 Å². The summed E-state index contributed by atoms with van der Waals surface area (Å²) in [4.78, 5) is 9.18. The number of aromatic hydroxyl groups is 2. The second-order valence-corrected chi connectivity index (χ2v) is 6.29. The molecule has 0 radical (unpaired) electrons. The Hall–Kier alpha value is -3.30. The number of hydrogen-bond acceptors (Lipinski definition) is 4. The van der Waals surface area contributed by atoms with E-state index in [4.69, 9.17) is 0 Å². The molecule has 0 saturated carbocycles. The molecule has 0 amide bonds. The van der Waals surface area contributed by atoms with E-state index in [-0.39, 0.29) is 31.0 Å². The fraction of sp³-hybridized carbons (Fsp3) is 0. The van der Waals surface area contributed by atoms with Gasteiger partial charge in [0, 0.05) is 48.4 Å². The molecule has 5 heteroatoms. The standard InChI is InChI=1S/C24H18N2O2.Zn/c27-22-13-3-1-7-18(22)15-25-20-11-5-9-17-10-6-12-21(24(17)20)26-16-19-8-2-4-14-23(19)28;/h1-16,27-28H;. The fourth-order valence-corrected chi connectivity index (χ4v) is 2.99. The van der Waals surface area contributed by atoms with E-state index < -0.39 is 0 Å². The maximum atomic E-state index is 9.95. The van der Waals surface area contributed by atoms with Crippen molar-refractivity contribution in [3.63, 3.8) is 0 Å². The average Bonchev–Trinajstić information content (AvgIpc) is 2.72. The van der Waals surface area contributed by atoms with E-state index in [2.05, 4.69) is 9.98 Å². The summed E-state index contributed by atoms with van der Waals surface area (Å²) in [6, 6.07) is 25.9. The number of phenolic OH excluding ortho intramolecular Hbond substituents is 2. The van der Waals surface area contributed by atoms with Crippen molar-refractivity contribution in [2.24, 2.45) is 9.98 Å². The zero-order valence-electron chi connectivity index (χ0n) is 15.7. The third-order valence-corrected chi connectivity index (χ3v) is 4.42. The molecular weight excluding hydrogens is 414 g/mol. The van der Waals surface area contributed by atoms with Crippen molar-refractivity contribution in [3.8, 4) is 11.5 Å². The number of aliphatic imine (C=N–C) groups is 2. The molecular formula is C24H18N2O2Zn. The normalized spacial score (nSPS) is 11.2. The molecule has 0 atom stereocenters. The Kier molecular flexibility index (Phi) is 6.53. The van der Waals surface area contributed by atoms with Crippen LogP contribution in [0, 0.1) is 0 Å². The minimum atomic E-state index is 0. The average molecular weight is 432 g/mol. The van der Waals surface area contributed by atoms with Gasteiger partial charge in [0.05, 0.1) is 11.4 Å². The molecule has 0 heterocycles. The monoisotopic (exact) mass is 430 g/mol. The first-order valence-corrected chi connectivity index (χ1v) is 8.88. The van der Waals surface area contributed by atoms with Crippen molar-refractivity contribution in [2.75, 3.05) is 0 Å². The molecule has 0 spiro atoms. The van der Waals surface area contributed by atoms with E-state index in [0.29, 0.717) is 11.1 Å². The first kappa shape index (κ1) is 20.4. The number of fused-ring (bicyclic) bond motifs is 1. The summed E-state index contributed by atoms with van der Waals surface area (Å²) in [5, 5.41) is 21.8. The van der Waals surface area contributed by atoms with E-state index >= 15 is 0 Å². The molecule has 2 N–H and O–H groups in total. The number of rotatable bonds is 4. The SMILES string of the molecule is Oc1ccccc1C=Nc1cccc2cccc(N=Cc3ccccc3O)c12.[Zn]. The van der Waals surface area contributed by atoms with E-state index in [1.54, 1.807) is 48.8 Å². The molecule has 29 heavy (non-hydrogen) atoms. The predicted octanol–water partition coefficient (Wildman–Crippen LogP) is 5.75. The summed E-state index contributed by atoms with van der Waals surface area (Å²) in [5.74, 6) is 0.369. The number of hydrogen-bond donors (Lipinski definition) is 2. The Balaban J connectivity index is 0.00000240. The minimum absolute atomic E-state index is 0. The van der Waals surface area contributed by atoms with Crippen LogP contribution in [0.2, 0.25) is 0 Å². The van der Waals surface area contributed by atoms with Crippen LogP contribution >= 0.6 is 0 Å². The first-order chi connectivity index (χ1) is 13.7. The number of benzene rings is 4. The van der Waals surface area contributed by atoms with Gasteiger partial charge in [-0.05, 0) is 41.8 Å². The summed E-state index contributed by atoms with van der Waals surface area (Å²) in [5.41, 5.74) is 2.81. The van der Waals surface area contributed by atoms with Gasteiger partial charge in [-0.2, -0.15) is 0 Å². The van der Waals surface area contributed by atoms with Crippen molar-refractivity contribution in [3.05, 3.63) is 96.1 Å². The van der Waals surface area contributed by atoms with Crippen LogP contribution in [0.1, 0.15) is 11.1 Å². The predicted molar refractivity (Wildman–Crippen MR) is 115 cm³/mol. The summed E-state index contributed by atoms with van der Waals surface area (Å²) < 4.78 is 0. The van der Waals surface area contributed by atoms with Gasteiger partial charge >= 0.3 is 0 Å². The van der Waals surface area contributed by atoms with Crippen LogP contribution in [0.5, 0.6) is 11.5 Å². The molecule has 4 nitrogen and oxygen atoms in total. The number of nitrogens with zero attached hydrogens (tertiary/aromatic N) is 2. The smallest absolute Gasteiger partial charge is 0.124 e. The molecule has 4 aromatic rings. The number of para-hydroxylation sites is 2. The summed E-state index contributed by atoms with van der Waals surface area (Å²) in [6.45, 7) is 0. The Morgan fingerprint density at radius 3 is 1.45 bits per heavy atom. The zero-order chi connectivity index (χ0) is 19.3. The van der Waals surface area contributed by atoms with Crippen LogP contribution in [0.3, 0.4) is 0 Å². The van der Waals surface area contributed by atoms with Crippen LogP contribution in [-0.2, 0) is 19.5 Å². The van der Waals surface area contributed by atoms with Gasteiger partial charge in [0.2, 0.25) is 0 Å². The van der Waals surface area contributed by atoms with Crippen molar-refractivity contribution < 1.29 is 29.7 Å². The third kappa shape index (κ3) is 4.58. The molecule has 0 aromatic heterocycles. The van der Waals surface area contributed by atoms with Gasteiger partial charge in [-0.25, -0.2) is 0 Å². The summed E-state index contributed by atoms with van der Waals surface area (Å²) in [7, 11) is 0. The van der Waals surface area contributed by atoms with Crippen LogP contribution in [0.4, 0.5) is 11.4 Å². The summed E-state index contributed by atoms with van der Waals surface area (Å²) in [6.07, 6.45) is 3.29.